The Bertz CT molecular complexity index is 2400. The summed E-state index contributed by atoms with van der Waals surface area (Å²) < 4.78 is 0. The number of carbonyl (C=O) groups is 7. The van der Waals surface area contributed by atoms with Gasteiger partial charge in [0, 0.05) is 41.4 Å². The Labute approximate surface area is 420 Å². The van der Waals surface area contributed by atoms with Crippen LogP contribution in [0.25, 0.3) is 10.9 Å². The number of aromatic nitrogens is 1. The van der Waals surface area contributed by atoms with Gasteiger partial charge in [-0.2, -0.15) is 0 Å². The van der Waals surface area contributed by atoms with Crippen molar-refractivity contribution in [3.8, 4) is 0 Å². The molecule has 0 saturated carbocycles. The van der Waals surface area contributed by atoms with Gasteiger partial charge in [0.1, 0.15) is 36.3 Å². The van der Waals surface area contributed by atoms with Gasteiger partial charge < -0.3 is 69.0 Å². The molecule has 0 spiro atoms. The molecule has 15 N–H and O–H groups in total. The van der Waals surface area contributed by atoms with Gasteiger partial charge in [-0.3, -0.25) is 33.6 Å². The average Bonchev–Trinajstić information content (AvgIpc) is 3.76. The summed E-state index contributed by atoms with van der Waals surface area (Å²) in [5.74, 6) is -6.01. The number of aliphatic hydroxyl groups excluding tert-OH is 3. The van der Waals surface area contributed by atoms with Gasteiger partial charge >= 0.3 is 0 Å². The highest BCUT2D eigenvalue weighted by molar-refractivity contribution is 8.76. The lowest BCUT2D eigenvalue weighted by Crippen LogP contribution is -2.62. The number of unbranched alkanes of at least 4 members (excludes halogenated alkanes) is 1. The summed E-state index contributed by atoms with van der Waals surface area (Å²) in [5, 5.41) is 50.5. The zero-order valence-electron chi connectivity index (χ0n) is 39.7. The topological polar surface area (TPSA) is 332 Å². The van der Waals surface area contributed by atoms with Crippen molar-refractivity contribution in [2.75, 3.05) is 24.7 Å². The largest absolute Gasteiger partial charge is 0.394 e. The molecule has 10 atom stereocenters. The molecular weight excluding hydrogens is 953 g/mol. The fourth-order valence-corrected chi connectivity index (χ4v) is 10.1. The second-order valence-corrected chi connectivity index (χ2v) is 20.0. The number of amides is 7. The van der Waals surface area contributed by atoms with E-state index in [-0.39, 0.29) is 43.7 Å². The molecule has 3 aromatic carbocycles. The number of nitrogens with two attached hydrogens (primary N) is 2. The first-order valence-corrected chi connectivity index (χ1v) is 26.0. The summed E-state index contributed by atoms with van der Waals surface area (Å²) >= 11 is 0. The molecule has 0 bridgehead atoms. The van der Waals surface area contributed by atoms with Crippen molar-refractivity contribution in [1.29, 1.82) is 0 Å². The second-order valence-electron chi connectivity index (χ2n) is 17.5. The number of hydrogen-bond donors (Lipinski definition) is 13. The SMILES string of the molecule is C[C@@H](O)[C@@H]1NC(=O)[C@H](CCCCN)NC(=O)[C@@H](Cc2c[nH]c3ccccc23)NC(=O)[C@H](Cc2ccccc2)NC(=O)[C@@H](NC(=O)[C@H](N)Cc2ccccc2)CSSCC(C(=O)N[C@H](CO)[C@@H](C)O)NC1=O. The molecule has 1 aromatic heterocycles. The van der Waals surface area contributed by atoms with Crippen LogP contribution >= 0.6 is 21.6 Å². The van der Waals surface area contributed by atoms with Crippen LogP contribution in [0, 0.1) is 0 Å². The molecule has 2 heterocycles. The van der Waals surface area contributed by atoms with E-state index in [1.54, 1.807) is 60.8 Å². The first-order chi connectivity index (χ1) is 34.1. The number of benzene rings is 3. The number of hydrogen-bond acceptors (Lipinski definition) is 14. The second kappa shape index (κ2) is 28.1. The lowest BCUT2D eigenvalue weighted by Gasteiger charge is -2.29. The molecule has 4 aromatic rings. The molecule has 1 unspecified atom stereocenters. The van der Waals surface area contributed by atoms with Crippen LogP contribution in [0.3, 0.4) is 0 Å². The Kier molecular flexibility index (Phi) is 22.2. The van der Waals surface area contributed by atoms with E-state index in [0.717, 1.165) is 38.1 Å². The summed E-state index contributed by atoms with van der Waals surface area (Å²) in [6, 6.07) is 14.6. The number of nitrogens with one attached hydrogen (secondary N) is 8. The number of aliphatic hydroxyl groups is 3. The first-order valence-electron chi connectivity index (χ1n) is 23.5. The summed E-state index contributed by atoms with van der Waals surface area (Å²) in [7, 11) is 2.06. The zero-order chi connectivity index (χ0) is 51.5. The molecule has 7 amide bonds. The van der Waals surface area contributed by atoms with Crippen molar-refractivity contribution < 1.29 is 48.9 Å². The van der Waals surface area contributed by atoms with Gasteiger partial charge in [-0.05, 0) is 68.8 Å². The standard InChI is InChI=1S/C49H66N10O10S2/c1-28(61)39(25-60)56-48(68)41-27-71-70-26-40(57-43(63)34(51)21-30-13-5-3-6-14-30)47(67)54-37(22-31-15-7-4-8-16-31)45(65)55-38(23-32-24-52-35-18-10-9-17-33(32)35)46(66)53-36(19-11-12-20-50)44(64)59-42(29(2)62)49(69)58-41/h3-10,13-18,24,28-29,34,36-42,52,60-62H,11-12,19-23,25-27,50-51H2,1-2H3,(H,53,66)(H,54,67)(H,55,65)(H,56,68)(H,57,63)(H,58,69)(H,59,64)/t28-,29-,34-,36+,37+,38-,39-,40+,41?,42+/m1/s1. The van der Waals surface area contributed by atoms with Crippen molar-refractivity contribution in [3.63, 3.8) is 0 Å². The van der Waals surface area contributed by atoms with Crippen molar-refractivity contribution in [3.05, 3.63) is 108 Å². The normalized spacial score (nSPS) is 22.8. The van der Waals surface area contributed by atoms with Crippen LogP contribution in [0.15, 0.2) is 91.1 Å². The van der Waals surface area contributed by atoms with Crippen LogP contribution in [0.2, 0.25) is 0 Å². The summed E-state index contributed by atoms with van der Waals surface area (Å²) in [6.07, 6.45) is -0.156. The third-order valence-corrected chi connectivity index (χ3v) is 14.3. The maximum atomic E-state index is 14.7. The third-order valence-electron chi connectivity index (χ3n) is 11.9. The molecular formula is C49H66N10O10S2. The number of para-hydroxylation sites is 1. The van der Waals surface area contributed by atoms with Crippen molar-refractivity contribution in [1.82, 2.24) is 42.2 Å². The van der Waals surface area contributed by atoms with Crippen LogP contribution in [0.1, 0.15) is 49.8 Å². The average molecular weight is 1020 g/mol. The highest BCUT2D eigenvalue weighted by Gasteiger charge is 2.36. The third kappa shape index (κ3) is 17.1. The minimum absolute atomic E-state index is 0.0340. The smallest absolute Gasteiger partial charge is 0.245 e. The minimum Gasteiger partial charge on any atom is -0.394 e. The molecule has 22 heteroatoms. The number of aromatic amines is 1. The quantitative estimate of drug-likeness (QED) is 0.0455. The van der Waals surface area contributed by atoms with Gasteiger partial charge in [0.15, 0.2) is 0 Å². The van der Waals surface area contributed by atoms with E-state index < -0.39 is 108 Å². The molecule has 1 aliphatic heterocycles. The Morgan fingerprint density at radius 2 is 1.31 bits per heavy atom. The molecule has 0 radical (unpaired) electrons. The van der Waals surface area contributed by atoms with Crippen molar-refractivity contribution in [2.24, 2.45) is 11.5 Å². The molecule has 1 saturated heterocycles. The van der Waals surface area contributed by atoms with Gasteiger partial charge in [-0.1, -0.05) is 100 Å². The highest BCUT2D eigenvalue weighted by Crippen LogP contribution is 2.24. The monoisotopic (exact) mass is 1020 g/mol. The van der Waals surface area contributed by atoms with Gasteiger partial charge in [-0.15, -0.1) is 0 Å². The van der Waals surface area contributed by atoms with Gasteiger partial charge in [0.2, 0.25) is 41.4 Å². The molecule has 71 heavy (non-hydrogen) atoms. The molecule has 0 aliphatic carbocycles. The van der Waals surface area contributed by atoms with Gasteiger partial charge in [-0.25, -0.2) is 0 Å². The number of H-pyrrole nitrogens is 1. The molecule has 1 aliphatic rings. The lowest BCUT2D eigenvalue weighted by atomic mass is 10.0. The van der Waals surface area contributed by atoms with E-state index in [1.807, 2.05) is 30.3 Å². The minimum atomic E-state index is -1.66. The predicted molar refractivity (Wildman–Crippen MR) is 272 cm³/mol. The fraction of sp³-hybridized carbons (Fsp3) is 0.449. The number of fused-ring (bicyclic) bond motifs is 1. The van der Waals surface area contributed by atoms with E-state index >= 15 is 0 Å². The predicted octanol–water partition coefficient (Wildman–Crippen LogP) is -0.805. The van der Waals surface area contributed by atoms with Crippen LogP contribution in [0.4, 0.5) is 0 Å². The van der Waals surface area contributed by atoms with E-state index in [2.05, 4.69) is 42.2 Å². The zero-order valence-corrected chi connectivity index (χ0v) is 41.3. The Balaban J connectivity index is 1.56. The maximum Gasteiger partial charge on any atom is 0.245 e. The summed E-state index contributed by atoms with van der Waals surface area (Å²) in [6.45, 7) is 2.23. The first kappa shape index (κ1) is 55.9. The van der Waals surface area contributed by atoms with Crippen molar-refractivity contribution >= 4 is 73.8 Å². The Morgan fingerprint density at radius 1 is 0.718 bits per heavy atom. The van der Waals surface area contributed by atoms with Crippen molar-refractivity contribution in [2.45, 2.75) is 113 Å². The van der Waals surface area contributed by atoms with Crippen LogP contribution in [-0.4, -0.2) is 147 Å². The van der Waals surface area contributed by atoms with Gasteiger partial charge in [0.05, 0.1) is 30.9 Å². The van der Waals surface area contributed by atoms with E-state index in [0.29, 0.717) is 24.0 Å². The fourth-order valence-electron chi connectivity index (χ4n) is 7.73. The lowest BCUT2D eigenvalue weighted by molar-refractivity contribution is -0.136. The van der Waals surface area contributed by atoms with Crippen LogP contribution < -0.4 is 48.7 Å². The molecule has 20 nitrogen and oxygen atoms in total. The number of carbonyl (C=O) groups excluding carboxylic acids is 7. The van der Waals surface area contributed by atoms with E-state index in [1.165, 1.54) is 13.8 Å². The molecule has 384 valence electrons. The van der Waals surface area contributed by atoms with E-state index in [4.69, 9.17) is 11.5 Å². The number of rotatable bonds is 17. The van der Waals surface area contributed by atoms with Crippen LogP contribution in [0.5, 0.6) is 0 Å². The Morgan fingerprint density at radius 3 is 1.96 bits per heavy atom. The maximum absolute atomic E-state index is 14.7. The molecule has 5 rings (SSSR count). The van der Waals surface area contributed by atoms with Gasteiger partial charge in [0.25, 0.3) is 0 Å². The summed E-state index contributed by atoms with van der Waals surface area (Å²) in [5.41, 5.74) is 15.0. The highest BCUT2D eigenvalue weighted by atomic mass is 33.1. The summed E-state index contributed by atoms with van der Waals surface area (Å²) in [4.78, 5) is 103. The van der Waals surface area contributed by atoms with Crippen LogP contribution in [-0.2, 0) is 52.8 Å². The van der Waals surface area contributed by atoms with E-state index in [9.17, 15) is 48.9 Å². The molecule has 1 fully saturated rings. The Hall–Kier alpha value is -6.01.